The van der Waals surface area contributed by atoms with Crippen LogP contribution in [0.15, 0.2) is 42.5 Å². The number of aromatic nitrogens is 3. The Labute approximate surface area is 275 Å². The van der Waals surface area contributed by atoms with Crippen molar-refractivity contribution in [2.75, 3.05) is 31.2 Å². The van der Waals surface area contributed by atoms with Crippen LogP contribution in [0.5, 0.6) is 5.75 Å². The molecule has 0 amide bonds. The maximum atomic E-state index is 14.4. The predicted molar refractivity (Wildman–Crippen MR) is 177 cm³/mol. The molecule has 248 valence electrons. The van der Waals surface area contributed by atoms with Gasteiger partial charge in [-0.2, -0.15) is 9.61 Å². The van der Waals surface area contributed by atoms with Crippen molar-refractivity contribution in [2.45, 2.75) is 90.6 Å². The first-order valence-corrected chi connectivity index (χ1v) is 16.7. The molecule has 2 aromatic carbocycles. The van der Waals surface area contributed by atoms with Crippen molar-refractivity contribution in [1.29, 1.82) is 0 Å². The van der Waals surface area contributed by atoms with Gasteiger partial charge in [-0.3, -0.25) is 0 Å². The lowest BCUT2D eigenvalue weighted by atomic mass is 9.86. The van der Waals surface area contributed by atoms with Gasteiger partial charge in [-0.1, -0.05) is 18.2 Å². The van der Waals surface area contributed by atoms with Crippen molar-refractivity contribution in [3.63, 3.8) is 0 Å². The smallest absolute Gasteiger partial charge is 0.340 e. The molecule has 47 heavy (non-hydrogen) atoms. The van der Waals surface area contributed by atoms with Crippen molar-refractivity contribution in [2.24, 2.45) is 0 Å². The number of carbonyl (C=O) groups is 1. The fourth-order valence-corrected chi connectivity index (χ4v) is 7.18. The number of carbonyl (C=O) groups excluding carboxylic acids is 1. The molecule has 10 heteroatoms. The first-order chi connectivity index (χ1) is 22.4. The highest BCUT2D eigenvalue weighted by atomic mass is 19.1. The third kappa shape index (κ3) is 5.86. The van der Waals surface area contributed by atoms with E-state index in [1.165, 1.54) is 12.1 Å². The number of hydrogen-bond donors (Lipinski definition) is 0. The van der Waals surface area contributed by atoms with Crippen LogP contribution in [0.25, 0.3) is 28.0 Å². The molecule has 4 bridgehead atoms. The van der Waals surface area contributed by atoms with E-state index in [0.29, 0.717) is 48.8 Å². The lowest BCUT2D eigenvalue weighted by Gasteiger charge is -2.41. The highest BCUT2D eigenvalue weighted by molar-refractivity contribution is 5.84. The first-order valence-electron chi connectivity index (χ1n) is 16.7. The average molecular weight is 643 g/mol. The van der Waals surface area contributed by atoms with Crippen molar-refractivity contribution in [3.05, 3.63) is 65.1 Å². The van der Waals surface area contributed by atoms with Gasteiger partial charge in [0.05, 0.1) is 29.1 Å². The number of halogens is 1. The Morgan fingerprint density at radius 2 is 1.89 bits per heavy atom. The maximum Gasteiger partial charge on any atom is 0.340 e. The Balaban J connectivity index is 1.48. The number of piperidine rings is 1. The second kappa shape index (κ2) is 11.9. The van der Waals surface area contributed by atoms with Crippen LogP contribution in [-0.4, -0.2) is 58.1 Å². The van der Waals surface area contributed by atoms with Crippen LogP contribution in [0.2, 0.25) is 0 Å². The van der Waals surface area contributed by atoms with Gasteiger partial charge in [-0.15, -0.1) is 0 Å². The zero-order chi connectivity index (χ0) is 33.1. The van der Waals surface area contributed by atoms with E-state index in [4.69, 9.17) is 29.0 Å². The van der Waals surface area contributed by atoms with E-state index in [1.54, 1.807) is 13.0 Å². The van der Waals surface area contributed by atoms with Crippen LogP contribution in [0, 0.1) is 12.7 Å². The Bertz CT molecular complexity index is 1840. The number of nitrogens with zero attached hydrogens (tertiary/aromatic N) is 4. The Morgan fingerprint density at radius 3 is 2.64 bits per heavy atom. The Kier molecular flexibility index (Phi) is 7.99. The van der Waals surface area contributed by atoms with Gasteiger partial charge in [0.15, 0.2) is 11.8 Å². The fourth-order valence-electron chi connectivity index (χ4n) is 7.18. The van der Waals surface area contributed by atoms with Crippen molar-refractivity contribution < 1.29 is 28.1 Å². The molecule has 4 aliphatic heterocycles. The van der Waals surface area contributed by atoms with Crippen LogP contribution in [0.3, 0.4) is 0 Å². The zero-order valence-electron chi connectivity index (χ0n) is 28.1. The summed E-state index contributed by atoms with van der Waals surface area (Å²) in [5, 5.41) is 5.23. The summed E-state index contributed by atoms with van der Waals surface area (Å²) in [5.74, 6) is 0.532. The van der Waals surface area contributed by atoms with E-state index >= 15 is 0 Å². The van der Waals surface area contributed by atoms with Gasteiger partial charge >= 0.3 is 5.97 Å². The molecule has 8 rings (SSSR count). The largest absolute Gasteiger partial charge is 0.485 e. The van der Waals surface area contributed by atoms with Gasteiger partial charge in [-0.25, -0.2) is 14.2 Å². The summed E-state index contributed by atoms with van der Waals surface area (Å²) in [5.41, 5.74) is 5.59. The van der Waals surface area contributed by atoms with Gasteiger partial charge in [-0.05, 0) is 84.9 Å². The van der Waals surface area contributed by atoms with Crippen molar-refractivity contribution in [1.82, 2.24) is 14.6 Å². The number of anilines is 1. The van der Waals surface area contributed by atoms with Gasteiger partial charge < -0.3 is 23.8 Å². The third-order valence-electron chi connectivity index (χ3n) is 9.43. The normalized spacial score (nSPS) is 21.4. The van der Waals surface area contributed by atoms with E-state index in [9.17, 15) is 9.18 Å². The number of rotatable bonds is 4. The molecule has 0 spiro atoms. The van der Waals surface area contributed by atoms with Gasteiger partial charge in [0, 0.05) is 54.2 Å². The average Bonchev–Trinajstić information content (AvgIpc) is 3.44. The first kappa shape index (κ1) is 31.6. The number of fused-ring (bicyclic) bond motifs is 7. The standard InChI is InChI=1S/C37H43FN4O5/c1-7-44-35(43)33(47-36(3,4)5)31-22(2)39-30-21-27-26-11-8-10-25-24-14-13-23(38)20-29(24)46-28(32(25)26)12-9-19-45-37(6)15-17-41(18-16-37)34(31)42(30)40-27/h8,10-11,13-14,20-21,28,33H,7,9,12,15-19H2,1-6H3/t28-,33+/m1/s1. The molecular formula is C37H43FN4O5. The molecule has 2 atom stereocenters. The molecule has 0 unspecified atom stereocenters. The number of ether oxygens (including phenoxy) is 4. The van der Waals surface area contributed by atoms with Crippen molar-refractivity contribution >= 4 is 17.4 Å². The maximum absolute atomic E-state index is 14.4. The van der Waals surface area contributed by atoms with Crippen LogP contribution < -0.4 is 9.64 Å². The van der Waals surface area contributed by atoms with E-state index in [2.05, 4.69) is 24.0 Å². The fraction of sp³-hybridized carbons (Fsp3) is 0.486. The van der Waals surface area contributed by atoms with E-state index < -0.39 is 17.7 Å². The second-order valence-electron chi connectivity index (χ2n) is 14.0. The summed E-state index contributed by atoms with van der Waals surface area (Å²) < 4.78 is 41.4. The molecule has 0 aliphatic carbocycles. The molecule has 2 aromatic heterocycles. The van der Waals surface area contributed by atoms with Gasteiger partial charge in [0.2, 0.25) is 0 Å². The van der Waals surface area contributed by atoms with Gasteiger partial charge in [0.1, 0.15) is 23.5 Å². The summed E-state index contributed by atoms with van der Waals surface area (Å²) in [7, 11) is 0. The molecule has 9 nitrogen and oxygen atoms in total. The summed E-state index contributed by atoms with van der Waals surface area (Å²) in [6.45, 7) is 13.9. The minimum Gasteiger partial charge on any atom is -0.485 e. The summed E-state index contributed by atoms with van der Waals surface area (Å²) in [6, 6.07) is 12.9. The molecule has 1 fully saturated rings. The zero-order valence-corrected chi connectivity index (χ0v) is 28.1. The highest BCUT2D eigenvalue weighted by Crippen LogP contribution is 2.48. The monoisotopic (exact) mass is 642 g/mol. The van der Waals surface area contributed by atoms with Crippen molar-refractivity contribution in [3.8, 4) is 28.1 Å². The third-order valence-corrected chi connectivity index (χ3v) is 9.43. The molecule has 0 N–H and O–H groups in total. The highest BCUT2D eigenvalue weighted by Gasteiger charge is 2.39. The summed E-state index contributed by atoms with van der Waals surface area (Å²) in [4.78, 5) is 20.9. The topological polar surface area (TPSA) is 87.4 Å². The van der Waals surface area contributed by atoms with Crippen LogP contribution in [0.4, 0.5) is 10.2 Å². The molecule has 0 saturated carbocycles. The molecule has 4 aromatic rings. The number of hydrogen-bond acceptors (Lipinski definition) is 8. The van der Waals surface area contributed by atoms with Gasteiger partial charge in [0.25, 0.3) is 0 Å². The van der Waals surface area contributed by atoms with Crippen LogP contribution in [0.1, 0.15) is 89.3 Å². The Morgan fingerprint density at radius 1 is 1.13 bits per heavy atom. The summed E-state index contributed by atoms with van der Waals surface area (Å²) >= 11 is 0. The Hall–Kier alpha value is -4.02. The summed E-state index contributed by atoms with van der Waals surface area (Å²) in [6.07, 6.45) is 1.76. The minimum atomic E-state index is -1.000. The lowest BCUT2D eigenvalue weighted by molar-refractivity contribution is -0.166. The van der Waals surface area contributed by atoms with E-state index in [1.807, 2.05) is 44.3 Å². The molecule has 1 saturated heterocycles. The quantitative estimate of drug-likeness (QED) is 0.211. The lowest BCUT2D eigenvalue weighted by Crippen LogP contribution is -2.46. The predicted octanol–water partition coefficient (Wildman–Crippen LogP) is 7.53. The van der Waals surface area contributed by atoms with E-state index in [-0.39, 0.29) is 24.1 Å². The molecule has 4 aliphatic rings. The van der Waals surface area contributed by atoms with Crippen LogP contribution in [-0.2, 0) is 19.0 Å². The number of benzene rings is 2. The number of esters is 1. The molecule has 6 heterocycles. The molecule has 0 radical (unpaired) electrons. The van der Waals surface area contributed by atoms with Crippen LogP contribution >= 0.6 is 0 Å². The SMILES string of the molecule is CCOC(=O)[C@@H](OC(C)(C)C)c1c(C)nc2cc3nn2c1N1CCC(C)(CC1)OCCC[C@H]1Oc2cc(F)ccc2-c2cccc-3c21. The number of aryl methyl sites for hydroxylation is 1. The molecular weight excluding hydrogens is 599 g/mol. The van der Waals surface area contributed by atoms with E-state index in [0.717, 1.165) is 53.0 Å². The minimum absolute atomic E-state index is 0.232. The second-order valence-corrected chi connectivity index (χ2v) is 14.0.